The normalized spacial score (nSPS) is 20.6. The van der Waals surface area contributed by atoms with Crippen LogP contribution >= 0.6 is 0 Å². The summed E-state index contributed by atoms with van der Waals surface area (Å²) >= 11 is 0. The Bertz CT molecular complexity index is 1150. The summed E-state index contributed by atoms with van der Waals surface area (Å²) in [6, 6.07) is 7.97. The van der Waals surface area contributed by atoms with E-state index in [1.807, 2.05) is 0 Å². The largest absolute Gasteiger partial charge is 0.508 e. The van der Waals surface area contributed by atoms with Crippen molar-refractivity contribution >= 4 is 23.4 Å². The number of phenolic OH excluding ortho intramolecular Hbond substituents is 1. The Labute approximate surface area is 202 Å². The van der Waals surface area contributed by atoms with Crippen LogP contribution in [0.3, 0.4) is 0 Å². The predicted molar refractivity (Wildman–Crippen MR) is 125 cm³/mol. The Hall–Kier alpha value is -3.63. The first-order valence-electron chi connectivity index (χ1n) is 11.7. The van der Waals surface area contributed by atoms with Crippen LogP contribution in [0.15, 0.2) is 30.3 Å². The summed E-state index contributed by atoms with van der Waals surface area (Å²) in [4.78, 5) is 40.4. The van der Waals surface area contributed by atoms with E-state index in [-0.39, 0.29) is 37.1 Å². The predicted octanol–water partition coefficient (Wildman–Crippen LogP) is 1.15. The number of aromatic hydroxyl groups is 1. The number of fused-ring (bicyclic) bond motifs is 1. The molecule has 3 aliphatic heterocycles. The molecule has 0 spiro atoms. The van der Waals surface area contributed by atoms with Crippen molar-refractivity contribution in [3.05, 3.63) is 52.6 Å². The van der Waals surface area contributed by atoms with Crippen LogP contribution in [0.2, 0.25) is 0 Å². The first-order valence-corrected chi connectivity index (χ1v) is 11.7. The highest BCUT2D eigenvalue weighted by atomic mass is 16.5. The van der Waals surface area contributed by atoms with Gasteiger partial charge in [0.25, 0.3) is 5.91 Å². The molecule has 2 aromatic rings. The maximum atomic E-state index is 13.0. The molecular weight excluding hydrogens is 452 g/mol. The van der Waals surface area contributed by atoms with Gasteiger partial charge in [0.05, 0.1) is 19.8 Å². The molecule has 0 radical (unpaired) electrons. The van der Waals surface area contributed by atoms with Crippen molar-refractivity contribution in [2.75, 3.05) is 32.0 Å². The molecule has 10 heteroatoms. The number of morpholine rings is 1. The Morgan fingerprint density at radius 3 is 2.71 bits per heavy atom. The van der Waals surface area contributed by atoms with Crippen molar-refractivity contribution in [1.82, 2.24) is 15.1 Å². The van der Waals surface area contributed by atoms with Gasteiger partial charge in [0.15, 0.2) is 0 Å². The number of carbonyl (C=O) groups is 3. The molecule has 3 aliphatic rings. The van der Waals surface area contributed by atoms with E-state index >= 15 is 0 Å². The molecule has 1 unspecified atom stereocenters. The van der Waals surface area contributed by atoms with Crippen LogP contribution in [-0.4, -0.2) is 65.0 Å². The van der Waals surface area contributed by atoms with Crippen molar-refractivity contribution in [3.63, 3.8) is 0 Å². The number of nitrogens with two attached hydrogens (primary N) is 1. The van der Waals surface area contributed by atoms with Gasteiger partial charge in [-0.25, -0.2) is 0 Å². The first kappa shape index (κ1) is 23.1. The fourth-order valence-corrected chi connectivity index (χ4v) is 4.83. The number of phenols is 1. The second kappa shape index (κ2) is 9.55. The highest BCUT2D eigenvalue weighted by Gasteiger charge is 2.40. The molecular formula is C25H28N4O6. The molecule has 5 rings (SSSR count). The van der Waals surface area contributed by atoms with E-state index in [4.69, 9.17) is 15.2 Å². The number of benzene rings is 2. The second-order valence-corrected chi connectivity index (χ2v) is 9.04. The second-order valence-electron chi connectivity index (χ2n) is 9.04. The number of nitrogens with one attached hydrogen (secondary N) is 1. The molecule has 1 atom stereocenters. The van der Waals surface area contributed by atoms with Gasteiger partial charge in [-0.15, -0.1) is 0 Å². The van der Waals surface area contributed by atoms with Crippen molar-refractivity contribution in [2.45, 2.75) is 38.6 Å². The SMILES string of the molecule is Nc1cc(COc2cccc3c2CN(C2CCC(=O)NC2=O)C3=O)cc(O)c1CN1CCOCC1. The van der Waals surface area contributed by atoms with Crippen molar-refractivity contribution in [1.29, 1.82) is 0 Å². The molecule has 3 amide bonds. The van der Waals surface area contributed by atoms with Crippen LogP contribution in [0.25, 0.3) is 0 Å². The zero-order valence-corrected chi connectivity index (χ0v) is 19.3. The van der Waals surface area contributed by atoms with Gasteiger partial charge < -0.3 is 25.2 Å². The number of ether oxygens (including phenoxy) is 2. The maximum absolute atomic E-state index is 13.0. The first-order chi connectivity index (χ1) is 16.9. The minimum atomic E-state index is -0.684. The van der Waals surface area contributed by atoms with Crippen LogP contribution < -0.4 is 15.8 Å². The van der Waals surface area contributed by atoms with Gasteiger partial charge in [-0.3, -0.25) is 24.6 Å². The molecule has 0 saturated carbocycles. The number of carbonyl (C=O) groups excluding carboxylic acids is 3. The fraction of sp³-hybridized carbons (Fsp3) is 0.400. The highest BCUT2D eigenvalue weighted by Crippen LogP contribution is 2.34. The smallest absolute Gasteiger partial charge is 0.255 e. The molecule has 0 bridgehead atoms. The van der Waals surface area contributed by atoms with Crippen LogP contribution in [0.4, 0.5) is 5.69 Å². The van der Waals surface area contributed by atoms with E-state index in [0.717, 1.165) is 13.1 Å². The molecule has 2 fully saturated rings. The van der Waals surface area contributed by atoms with Gasteiger partial charge in [0.1, 0.15) is 24.1 Å². The molecule has 2 saturated heterocycles. The summed E-state index contributed by atoms with van der Waals surface area (Å²) in [5, 5.41) is 12.9. The van der Waals surface area contributed by atoms with E-state index in [1.165, 1.54) is 4.90 Å². The van der Waals surface area contributed by atoms with Crippen LogP contribution in [-0.2, 0) is 34.0 Å². The van der Waals surface area contributed by atoms with Gasteiger partial charge in [-0.05, 0) is 36.2 Å². The number of nitrogens with zero attached hydrogens (tertiary/aromatic N) is 2. The summed E-state index contributed by atoms with van der Waals surface area (Å²) < 4.78 is 11.4. The topological polar surface area (TPSA) is 134 Å². The standard InChI is InChI=1S/C25H28N4O6/c26-19-10-15(11-21(30)18(19)12-28-6-8-34-9-7-28)14-35-22-3-1-2-16-17(22)13-29(25(16)33)20-4-5-23(31)27-24(20)32/h1-3,10-11,20,30H,4-9,12-14,26H2,(H,27,31,32). The van der Waals surface area contributed by atoms with Gasteiger partial charge in [-0.2, -0.15) is 0 Å². The minimum Gasteiger partial charge on any atom is -0.508 e. The lowest BCUT2D eigenvalue weighted by Gasteiger charge is -2.29. The lowest BCUT2D eigenvalue weighted by Crippen LogP contribution is -2.52. The quantitative estimate of drug-likeness (QED) is 0.414. The third kappa shape index (κ3) is 4.67. The molecule has 2 aromatic carbocycles. The Balaban J connectivity index is 1.28. The number of anilines is 1. The Kier molecular flexibility index (Phi) is 6.31. The van der Waals surface area contributed by atoms with Crippen molar-refractivity contribution in [2.24, 2.45) is 0 Å². The van der Waals surface area contributed by atoms with Gasteiger partial charge in [0, 0.05) is 48.4 Å². The van der Waals surface area contributed by atoms with Gasteiger partial charge in [-0.1, -0.05) is 6.07 Å². The van der Waals surface area contributed by atoms with E-state index in [2.05, 4.69) is 10.2 Å². The van der Waals surface area contributed by atoms with E-state index in [9.17, 15) is 19.5 Å². The zero-order valence-electron chi connectivity index (χ0n) is 19.3. The summed E-state index contributed by atoms with van der Waals surface area (Å²) in [6.07, 6.45) is 0.502. The number of hydrogen-bond acceptors (Lipinski definition) is 8. The Morgan fingerprint density at radius 1 is 1.17 bits per heavy atom. The number of amides is 3. The average molecular weight is 481 g/mol. The van der Waals surface area contributed by atoms with Gasteiger partial charge >= 0.3 is 0 Å². The van der Waals surface area contributed by atoms with Crippen molar-refractivity contribution < 1.29 is 29.0 Å². The summed E-state index contributed by atoms with van der Waals surface area (Å²) in [7, 11) is 0. The monoisotopic (exact) mass is 480 g/mol. The summed E-state index contributed by atoms with van der Waals surface area (Å²) in [6.45, 7) is 3.83. The maximum Gasteiger partial charge on any atom is 0.255 e. The number of hydrogen-bond donors (Lipinski definition) is 3. The van der Waals surface area contributed by atoms with E-state index in [0.29, 0.717) is 59.9 Å². The van der Waals surface area contributed by atoms with Gasteiger partial charge in [0.2, 0.25) is 11.8 Å². The lowest BCUT2D eigenvalue weighted by molar-refractivity contribution is -0.136. The number of imide groups is 1. The number of rotatable bonds is 6. The number of nitrogen functional groups attached to an aromatic ring is 1. The van der Waals surface area contributed by atoms with E-state index < -0.39 is 11.9 Å². The number of piperidine rings is 1. The molecule has 0 aliphatic carbocycles. The summed E-state index contributed by atoms with van der Waals surface area (Å²) in [5.74, 6) is -0.381. The minimum absolute atomic E-state index is 0.118. The zero-order chi connectivity index (χ0) is 24.5. The van der Waals surface area contributed by atoms with Crippen LogP contribution in [0.5, 0.6) is 11.5 Å². The van der Waals surface area contributed by atoms with Crippen molar-refractivity contribution in [3.8, 4) is 11.5 Å². The molecule has 35 heavy (non-hydrogen) atoms. The molecule has 4 N–H and O–H groups in total. The van der Waals surface area contributed by atoms with Crippen LogP contribution in [0.1, 0.15) is 39.9 Å². The molecule has 3 heterocycles. The Morgan fingerprint density at radius 2 is 1.97 bits per heavy atom. The molecule has 0 aromatic heterocycles. The lowest BCUT2D eigenvalue weighted by atomic mass is 10.0. The molecule has 184 valence electrons. The van der Waals surface area contributed by atoms with Crippen LogP contribution in [0, 0.1) is 0 Å². The third-order valence-corrected chi connectivity index (χ3v) is 6.74. The average Bonchev–Trinajstić information content (AvgIpc) is 3.17. The third-order valence-electron chi connectivity index (χ3n) is 6.74. The molecule has 10 nitrogen and oxygen atoms in total. The van der Waals surface area contributed by atoms with E-state index in [1.54, 1.807) is 30.3 Å². The fourth-order valence-electron chi connectivity index (χ4n) is 4.83. The highest BCUT2D eigenvalue weighted by molar-refractivity contribution is 6.05. The summed E-state index contributed by atoms with van der Waals surface area (Å²) in [5.41, 5.74) is 9.31.